The highest BCUT2D eigenvalue weighted by molar-refractivity contribution is 8.00. The number of benzene rings is 1. The molecule has 110 valence electrons. The first-order valence-electron chi connectivity index (χ1n) is 6.36. The Kier molecular flexibility index (Phi) is 5.47. The zero-order valence-electron chi connectivity index (χ0n) is 11.8. The molecule has 0 spiro atoms. The van der Waals surface area contributed by atoms with E-state index >= 15 is 0 Å². The summed E-state index contributed by atoms with van der Waals surface area (Å²) in [7, 11) is 3.78. The summed E-state index contributed by atoms with van der Waals surface area (Å²) in [6, 6.07) is 9.22. The number of rotatable bonds is 5. The van der Waals surface area contributed by atoms with Crippen LogP contribution in [0.15, 0.2) is 47.6 Å². The number of pyridine rings is 1. The van der Waals surface area contributed by atoms with Crippen LogP contribution in [0, 0.1) is 0 Å². The maximum atomic E-state index is 12.1. The molecule has 0 aliphatic rings. The Morgan fingerprint density at radius 1 is 1.29 bits per heavy atom. The number of anilines is 2. The second kappa shape index (κ2) is 7.33. The fraction of sp³-hybridized carbons (Fsp3) is 0.200. The molecule has 0 saturated heterocycles. The zero-order chi connectivity index (χ0) is 15.2. The van der Waals surface area contributed by atoms with Crippen LogP contribution in [0.5, 0.6) is 0 Å². The SMILES string of the molecule is CN(C)c1c(Cl)cccc1NC(=O)CSc1ccncc1. The standard InChI is InChI=1S/C15H16ClN3OS/c1-19(2)15-12(16)4-3-5-13(15)18-14(20)10-21-11-6-8-17-9-7-11/h3-9H,10H2,1-2H3,(H,18,20). The first kappa shape index (κ1) is 15.7. The van der Waals surface area contributed by atoms with Crippen LogP contribution in [0.3, 0.4) is 0 Å². The lowest BCUT2D eigenvalue weighted by Crippen LogP contribution is -2.18. The van der Waals surface area contributed by atoms with Crippen molar-refractivity contribution >= 4 is 40.6 Å². The van der Waals surface area contributed by atoms with Crippen LogP contribution in [0.2, 0.25) is 5.02 Å². The summed E-state index contributed by atoms with van der Waals surface area (Å²) in [4.78, 5) is 18.9. The molecular weight excluding hydrogens is 306 g/mol. The van der Waals surface area contributed by atoms with Crippen LogP contribution in [0.1, 0.15) is 0 Å². The molecule has 0 aliphatic heterocycles. The van der Waals surface area contributed by atoms with Gasteiger partial charge in [-0.1, -0.05) is 17.7 Å². The third kappa shape index (κ3) is 4.37. The molecule has 4 nitrogen and oxygen atoms in total. The van der Waals surface area contributed by atoms with E-state index in [0.29, 0.717) is 16.5 Å². The third-order valence-corrected chi connectivity index (χ3v) is 4.04. The summed E-state index contributed by atoms with van der Waals surface area (Å²) in [5.74, 6) is 0.269. The molecular formula is C15H16ClN3OS. The van der Waals surface area contributed by atoms with E-state index in [1.54, 1.807) is 18.5 Å². The Labute approximate surface area is 133 Å². The molecule has 0 aliphatic carbocycles. The van der Waals surface area contributed by atoms with Gasteiger partial charge in [-0.2, -0.15) is 0 Å². The molecule has 1 aromatic carbocycles. The lowest BCUT2D eigenvalue weighted by molar-refractivity contribution is -0.113. The summed E-state index contributed by atoms with van der Waals surface area (Å²) in [6.45, 7) is 0. The van der Waals surface area contributed by atoms with E-state index in [2.05, 4.69) is 10.3 Å². The monoisotopic (exact) mass is 321 g/mol. The summed E-state index contributed by atoms with van der Waals surface area (Å²) < 4.78 is 0. The minimum atomic E-state index is -0.0674. The highest BCUT2D eigenvalue weighted by Gasteiger charge is 2.11. The van der Waals surface area contributed by atoms with Crippen LogP contribution in [0.4, 0.5) is 11.4 Å². The predicted molar refractivity (Wildman–Crippen MR) is 89.4 cm³/mol. The van der Waals surface area contributed by atoms with Gasteiger partial charge in [0, 0.05) is 31.4 Å². The van der Waals surface area contributed by atoms with E-state index < -0.39 is 0 Å². The largest absolute Gasteiger partial charge is 0.375 e. The van der Waals surface area contributed by atoms with Gasteiger partial charge in [0.05, 0.1) is 22.2 Å². The molecule has 2 rings (SSSR count). The number of aromatic nitrogens is 1. The van der Waals surface area contributed by atoms with Crippen molar-refractivity contribution in [2.24, 2.45) is 0 Å². The van der Waals surface area contributed by atoms with Gasteiger partial charge in [-0.05, 0) is 24.3 Å². The first-order chi connectivity index (χ1) is 10.1. The maximum absolute atomic E-state index is 12.1. The van der Waals surface area contributed by atoms with Crippen LogP contribution >= 0.6 is 23.4 Å². The van der Waals surface area contributed by atoms with Gasteiger partial charge in [-0.15, -0.1) is 11.8 Å². The van der Waals surface area contributed by atoms with E-state index in [-0.39, 0.29) is 5.91 Å². The molecule has 0 atom stereocenters. The number of halogens is 1. The molecule has 21 heavy (non-hydrogen) atoms. The molecule has 0 unspecified atom stereocenters. The van der Waals surface area contributed by atoms with Gasteiger partial charge in [-0.3, -0.25) is 9.78 Å². The average Bonchev–Trinajstić information content (AvgIpc) is 2.46. The third-order valence-electron chi connectivity index (χ3n) is 2.73. The minimum absolute atomic E-state index is 0.0674. The van der Waals surface area contributed by atoms with Gasteiger partial charge in [0.1, 0.15) is 0 Å². The Hall–Kier alpha value is -1.72. The Balaban J connectivity index is 2.02. The second-order valence-electron chi connectivity index (χ2n) is 4.55. The van der Waals surface area contributed by atoms with Crippen molar-refractivity contribution in [3.05, 3.63) is 47.7 Å². The predicted octanol–water partition coefficient (Wildman–Crippen LogP) is 3.53. The van der Waals surface area contributed by atoms with Gasteiger partial charge in [0.25, 0.3) is 0 Å². The van der Waals surface area contributed by atoms with Crippen molar-refractivity contribution in [2.75, 3.05) is 30.1 Å². The van der Waals surface area contributed by atoms with Gasteiger partial charge in [0.2, 0.25) is 5.91 Å². The number of para-hydroxylation sites is 1. The lowest BCUT2D eigenvalue weighted by atomic mass is 10.2. The zero-order valence-corrected chi connectivity index (χ0v) is 13.4. The maximum Gasteiger partial charge on any atom is 0.234 e. The number of carbonyl (C=O) groups excluding carboxylic acids is 1. The summed E-state index contributed by atoms with van der Waals surface area (Å²) in [5.41, 5.74) is 1.52. The number of thioether (sulfide) groups is 1. The van der Waals surface area contributed by atoms with E-state index in [0.717, 1.165) is 10.6 Å². The van der Waals surface area contributed by atoms with Crippen LogP contribution in [-0.2, 0) is 4.79 Å². The van der Waals surface area contributed by atoms with Crippen LogP contribution < -0.4 is 10.2 Å². The van der Waals surface area contributed by atoms with Crippen molar-refractivity contribution in [1.29, 1.82) is 0 Å². The Morgan fingerprint density at radius 2 is 2.00 bits per heavy atom. The fourth-order valence-electron chi connectivity index (χ4n) is 1.84. The molecule has 2 aromatic rings. The number of carbonyl (C=O) groups is 1. The molecule has 0 radical (unpaired) electrons. The fourth-order valence-corrected chi connectivity index (χ4v) is 2.87. The van der Waals surface area contributed by atoms with Crippen molar-refractivity contribution in [1.82, 2.24) is 4.98 Å². The number of nitrogens with zero attached hydrogens (tertiary/aromatic N) is 2. The van der Waals surface area contributed by atoms with E-state index in [4.69, 9.17) is 11.6 Å². The molecule has 1 amide bonds. The quantitative estimate of drug-likeness (QED) is 0.856. The van der Waals surface area contributed by atoms with Crippen molar-refractivity contribution in [3.63, 3.8) is 0 Å². The van der Waals surface area contributed by atoms with Crippen molar-refractivity contribution in [2.45, 2.75) is 4.90 Å². The topological polar surface area (TPSA) is 45.2 Å². The van der Waals surface area contributed by atoms with E-state index in [1.165, 1.54) is 11.8 Å². The van der Waals surface area contributed by atoms with Crippen LogP contribution in [-0.4, -0.2) is 30.7 Å². The van der Waals surface area contributed by atoms with Gasteiger partial charge in [-0.25, -0.2) is 0 Å². The van der Waals surface area contributed by atoms with Gasteiger partial charge < -0.3 is 10.2 Å². The smallest absolute Gasteiger partial charge is 0.234 e. The van der Waals surface area contributed by atoms with Gasteiger partial charge in [0.15, 0.2) is 0 Å². The minimum Gasteiger partial charge on any atom is -0.375 e. The molecule has 0 bridgehead atoms. The molecule has 1 aromatic heterocycles. The van der Waals surface area contributed by atoms with E-state index in [9.17, 15) is 4.79 Å². The Morgan fingerprint density at radius 3 is 2.67 bits per heavy atom. The first-order valence-corrected chi connectivity index (χ1v) is 7.73. The van der Waals surface area contributed by atoms with Gasteiger partial charge >= 0.3 is 0 Å². The summed E-state index contributed by atoms with van der Waals surface area (Å²) in [5, 5.41) is 3.51. The lowest BCUT2D eigenvalue weighted by Gasteiger charge is -2.19. The van der Waals surface area contributed by atoms with Crippen molar-refractivity contribution in [3.8, 4) is 0 Å². The molecule has 0 saturated carbocycles. The molecule has 1 heterocycles. The molecule has 0 fully saturated rings. The van der Waals surface area contributed by atoms with E-state index in [1.807, 2.05) is 43.3 Å². The summed E-state index contributed by atoms with van der Waals surface area (Å²) >= 11 is 7.64. The van der Waals surface area contributed by atoms with Crippen molar-refractivity contribution < 1.29 is 4.79 Å². The summed E-state index contributed by atoms with van der Waals surface area (Å²) in [6.07, 6.45) is 3.42. The molecule has 6 heteroatoms. The number of nitrogens with one attached hydrogen (secondary N) is 1. The Bertz CT molecular complexity index is 620. The number of hydrogen-bond donors (Lipinski definition) is 1. The number of amides is 1. The normalized spacial score (nSPS) is 10.2. The number of hydrogen-bond acceptors (Lipinski definition) is 4. The highest BCUT2D eigenvalue weighted by Crippen LogP contribution is 2.32. The highest BCUT2D eigenvalue weighted by atomic mass is 35.5. The molecule has 1 N–H and O–H groups in total. The van der Waals surface area contributed by atoms with Crippen LogP contribution in [0.25, 0.3) is 0 Å². The second-order valence-corrected chi connectivity index (χ2v) is 6.01. The average molecular weight is 322 g/mol.